The Morgan fingerprint density at radius 3 is 1.65 bits per heavy atom. The van der Waals surface area contributed by atoms with Gasteiger partial charge < -0.3 is 9.84 Å². The van der Waals surface area contributed by atoms with E-state index in [0.29, 0.717) is 25.9 Å². The molecule has 0 spiro atoms. The van der Waals surface area contributed by atoms with E-state index in [0.717, 1.165) is 18.8 Å². The van der Waals surface area contributed by atoms with E-state index in [2.05, 4.69) is 13.8 Å². The summed E-state index contributed by atoms with van der Waals surface area (Å²) < 4.78 is 5.17. The fraction of sp³-hybridized carbons (Fsp3) is 0.909. The molecule has 26 heavy (non-hydrogen) atoms. The van der Waals surface area contributed by atoms with Gasteiger partial charge in [0.15, 0.2) is 0 Å². The van der Waals surface area contributed by atoms with Crippen molar-refractivity contribution in [3.63, 3.8) is 0 Å². The maximum Gasteiger partial charge on any atom is 0.305 e. The fourth-order valence-corrected chi connectivity index (χ4v) is 3.05. The summed E-state index contributed by atoms with van der Waals surface area (Å²) >= 11 is 0. The Morgan fingerprint density at radius 2 is 1.15 bits per heavy atom. The van der Waals surface area contributed by atoms with Crippen molar-refractivity contribution in [2.45, 2.75) is 117 Å². The largest absolute Gasteiger partial charge is 0.481 e. The van der Waals surface area contributed by atoms with E-state index in [4.69, 9.17) is 9.84 Å². The average molecular weight is 371 g/mol. The van der Waals surface area contributed by atoms with Crippen molar-refractivity contribution in [3.05, 3.63) is 0 Å². The lowest BCUT2D eigenvalue weighted by Crippen LogP contribution is -2.06. The Labute approximate surface area is 161 Å². The van der Waals surface area contributed by atoms with Gasteiger partial charge in [-0.2, -0.15) is 0 Å². The molecule has 0 aromatic rings. The molecule has 0 saturated carbocycles. The Morgan fingerprint density at radius 1 is 0.692 bits per heavy atom. The topological polar surface area (TPSA) is 63.6 Å². The smallest absolute Gasteiger partial charge is 0.305 e. The van der Waals surface area contributed by atoms with E-state index in [1.165, 1.54) is 64.2 Å². The number of aliphatic carboxylic acids is 1. The minimum absolute atomic E-state index is 0.130. The minimum Gasteiger partial charge on any atom is -0.481 e. The molecule has 0 aromatic heterocycles. The first kappa shape index (κ1) is 24.9. The Hall–Kier alpha value is -1.06. The van der Waals surface area contributed by atoms with E-state index >= 15 is 0 Å². The van der Waals surface area contributed by atoms with Crippen LogP contribution in [0.1, 0.15) is 117 Å². The van der Waals surface area contributed by atoms with Crippen molar-refractivity contribution in [2.75, 3.05) is 6.61 Å². The van der Waals surface area contributed by atoms with Gasteiger partial charge in [-0.3, -0.25) is 9.59 Å². The molecule has 4 heteroatoms. The summed E-state index contributed by atoms with van der Waals surface area (Å²) in [4.78, 5) is 21.8. The average Bonchev–Trinajstić information content (AvgIpc) is 2.58. The molecule has 1 N–H and O–H groups in total. The van der Waals surface area contributed by atoms with Crippen LogP contribution in [-0.2, 0) is 14.3 Å². The molecule has 0 saturated heterocycles. The molecule has 4 nitrogen and oxygen atoms in total. The van der Waals surface area contributed by atoms with Crippen molar-refractivity contribution in [1.29, 1.82) is 0 Å². The van der Waals surface area contributed by atoms with Crippen molar-refractivity contribution in [3.8, 4) is 0 Å². The molecule has 0 aliphatic carbocycles. The third-order valence-electron chi connectivity index (χ3n) is 4.71. The fourth-order valence-electron chi connectivity index (χ4n) is 3.05. The number of hydrogen-bond donors (Lipinski definition) is 1. The molecule has 0 radical (unpaired) electrons. The summed E-state index contributed by atoms with van der Waals surface area (Å²) in [6, 6.07) is 0. The number of unbranched alkanes of at least 4 members (excludes halogenated alkanes) is 11. The second-order valence-electron chi connectivity index (χ2n) is 7.89. The van der Waals surface area contributed by atoms with Crippen LogP contribution in [0.2, 0.25) is 0 Å². The summed E-state index contributed by atoms with van der Waals surface area (Å²) in [7, 11) is 0. The number of carbonyl (C=O) groups is 2. The molecular formula is C22H42O4. The zero-order chi connectivity index (χ0) is 19.5. The van der Waals surface area contributed by atoms with Crippen LogP contribution >= 0.6 is 0 Å². The Bertz CT molecular complexity index is 339. The van der Waals surface area contributed by atoms with E-state index in [9.17, 15) is 9.59 Å². The SMILES string of the molecule is CC(C)CCCCCCCCCCCCCOC(=O)CCCCC(=O)O. The second kappa shape index (κ2) is 18.7. The van der Waals surface area contributed by atoms with Crippen LogP contribution in [0, 0.1) is 5.92 Å². The molecule has 0 aliphatic heterocycles. The third kappa shape index (κ3) is 21.0. The highest BCUT2D eigenvalue weighted by molar-refractivity contribution is 5.69. The van der Waals surface area contributed by atoms with Gasteiger partial charge in [-0.25, -0.2) is 0 Å². The van der Waals surface area contributed by atoms with E-state index in [1.807, 2.05) is 0 Å². The summed E-state index contributed by atoms with van der Waals surface area (Å²) in [6.07, 6.45) is 17.2. The number of ether oxygens (including phenoxy) is 1. The van der Waals surface area contributed by atoms with Crippen LogP contribution in [0.3, 0.4) is 0 Å². The van der Waals surface area contributed by atoms with Crippen LogP contribution < -0.4 is 0 Å². The minimum atomic E-state index is -0.806. The highest BCUT2D eigenvalue weighted by Crippen LogP contribution is 2.13. The first-order valence-corrected chi connectivity index (χ1v) is 10.9. The third-order valence-corrected chi connectivity index (χ3v) is 4.71. The lowest BCUT2D eigenvalue weighted by molar-refractivity contribution is -0.144. The second-order valence-corrected chi connectivity index (χ2v) is 7.89. The summed E-state index contributed by atoms with van der Waals surface area (Å²) in [5, 5.41) is 8.51. The van der Waals surface area contributed by atoms with Crippen LogP contribution in [0.25, 0.3) is 0 Å². The van der Waals surface area contributed by atoms with Gasteiger partial charge in [-0.1, -0.05) is 84.5 Å². The van der Waals surface area contributed by atoms with Gasteiger partial charge in [0.05, 0.1) is 6.61 Å². The highest BCUT2D eigenvalue weighted by Gasteiger charge is 2.04. The van der Waals surface area contributed by atoms with Gasteiger partial charge in [0.1, 0.15) is 0 Å². The number of carboxylic acid groups (broad SMARTS) is 1. The van der Waals surface area contributed by atoms with E-state index in [-0.39, 0.29) is 12.4 Å². The number of hydrogen-bond acceptors (Lipinski definition) is 3. The van der Waals surface area contributed by atoms with Crippen LogP contribution in [0.4, 0.5) is 0 Å². The zero-order valence-corrected chi connectivity index (χ0v) is 17.3. The molecule has 154 valence electrons. The lowest BCUT2D eigenvalue weighted by atomic mass is 10.0. The summed E-state index contributed by atoms with van der Waals surface area (Å²) in [5.74, 6) is -0.147. The summed E-state index contributed by atoms with van der Waals surface area (Å²) in [6.45, 7) is 5.11. The standard InChI is InChI=1S/C22H42O4/c1-20(2)16-12-10-8-6-4-3-5-7-9-11-15-19-26-22(25)18-14-13-17-21(23)24/h20H,3-19H2,1-2H3,(H,23,24). The van der Waals surface area contributed by atoms with Crippen molar-refractivity contribution >= 4 is 11.9 Å². The monoisotopic (exact) mass is 370 g/mol. The van der Waals surface area contributed by atoms with Gasteiger partial charge in [-0.05, 0) is 25.2 Å². The number of carbonyl (C=O) groups excluding carboxylic acids is 1. The molecular weight excluding hydrogens is 328 g/mol. The summed E-state index contributed by atoms with van der Waals surface area (Å²) in [5.41, 5.74) is 0. The Kier molecular flexibility index (Phi) is 18.0. The first-order valence-electron chi connectivity index (χ1n) is 10.9. The number of rotatable bonds is 19. The normalized spacial score (nSPS) is 11.0. The van der Waals surface area contributed by atoms with E-state index in [1.54, 1.807) is 0 Å². The van der Waals surface area contributed by atoms with E-state index < -0.39 is 5.97 Å². The maximum absolute atomic E-state index is 11.5. The van der Waals surface area contributed by atoms with Crippen LogP contribution in [0.15, 0.2) is 0 Å². The zero-order valence-electron chi connectivity index (χ0n) is 17.3. The molecule has 0 amide bonds. The molecule has 0 fully saturated rings. The van der Waals surface area contributed by atoms with Gasteiger partial charge >= 0.3 is 11.9 Å². The molecule has 0 rings (SSSR count). The molecule has 0 atom stereocenters. The van der Waals surface area contributed by atoms with Crippen molar-refractivity contribution in [1.82, 2.24) is 0 Å². The predicted octanol–water partition coefficient (Wildman–Crippen LogP) is 6.51. The van der Waals surface area contributed by atoms with Gasteiger partial charge in [0.25, 0.3) is 0 Å². The quantitative estimate of drug-likeness (QED) is 0.208. The predicted molar refractivity (Wildman–Crippen MR) is 107 cm³/mol. The molecule has 0 unspecified atom stereocenters. The number of carboxylic acids is 1. The molecule has 0 heterocycles. The van der Waals surface area contributed by atoms with Crippen LogP contribution in [-0.4, -0.2) is 23.7 Å². The van der Waals surface area contributed by atoms with Crippen LogP contribution in [0.5, 0.6) is 0 Å². The highest BCUT2D eigenvalue weighted by atomic mass is 16.5. The van der Waals surface area contributed by atoms with Gasteiger partial charge in [0.2, 0.25) is 0 Å². The Balaban J connectivity index is 3.15. The molecule has 0 bridgehead atoms. The van der Waals surface area contributed by atoms with Crippen molar-refractivity contribution in [2.24, 2.45) is 5.92 Å². The van der Waals surface area contributed by atoms with Crippen molar-refractivity contribution < 1.29 is 19.4 Å². The van der Waals surface area contributed by atoms with Gasteiger partial charge in [-0.15, -0.1) is 0 Å². The molecule has 0 aromatic carbocycles. The number of esters is 1. The lowest BCUT2D eigenvalue weighted by Gasteiger charge is -2.05. The first-order chi connectivity index (χ1) is 12.5. The molecule has 0 aliphatic rings. The van der Waals surface area contributed by atoms with Gasteiger partial charge in [0, 0.05) is 12.8 Å². The maximum atomic E-state index is 11.5.